The number of ketones is 1. The molecule has 2 aliphatic rings. The molecule has 6 heteroatoms. The zero-order chi connectivity index (χ0) is 22.8. The molecule has 3 aromatic rings. The van der Waals surface area contributed by atoms with Crippen LogP contribution in [0.5, 0.6) is 5.75 Å². The zero-order valence-corrected chi connectivity index (χ0v) is 19.6. The Morgan fingerprint density at radius 2 is 1.94 bits per heavy atom. The number of hydrogen-bond donors (Lipinski definition) is 1. The van der Waals surface area contributed by atoms with Crippen LogP contribution in [0.25, 0.3) is 10.9 Å². The third-order valence-corrected chi connectivity index (χ3v) is 6.73. The Bertz CT molecular complexity index is 1280. The summed E-state index contributed by atoms with van der Waals surface area (Å²) in [6, 6.07) is 8.14. The van der Waals surface area contributed by atoms with Crippen molar-refractivity contribution in [2.75, 3.05) is 5.32 Å². The zero-order valence-electron chi connectivity index (χ0n) is 19.6. The SMILES string of the molecule is CC(C)Oc1cccc([C@]2(C)C3=C(CC(C)(C)CC3=O)Nc3ncc4c(cnn4C)c32)c1. The summed E-state index contributed by atoms with van der Waals surface area (Å²) < 4.78 is 7.85. The first-order chi connectivity index (χ1) is 15.1. The number of aromatic nitrogens is 3. The Morgan fingerprint density at radius 3 is 2.69 bits per heavy atom. The Balaban J connectivity index is 1.83. The number of allylic oxidation sites excluding steroid dienone is 2. The Labute approximate surface area is 188 Å². The van der Waals surface area contributed by atoms with E-state index in [1.165, 1.54) is 0 Å². The molecule has 0 amide bonds. The highest BCUT2D eigenvalue weighted by atomic mass is 16.5. The number of carbonyl (C=O) groups is 1. The van der Waals surface area contributed by atoms with Crippen molar-refractivity contribution < 1.29 is 9.53 Å². The van der Waals surface area contributed by atoms with Crippen LogP contribution in [0.4, 0.5) is 5.82 Å². The lowest BCUT2D eigenvalue weighted by atomic mass is 9.61. The lowest BCUT2D eigenvalue weighted by molar-refractivity contribution is -0.118. The first-order valence-corrected chi connectivity index (χ1v) is 11.2. The Morgan fingerprint density at radius 1 is 1.16 bits per heavy atom. The molecular formula is C26H30N4O2. The molecule has 1 aromatic carbocycles. The topological polar surface area (TPSA) is 69.0 Å². The van der Waals surface area contributed by atoms with E-state index in [0.717, 1.165) is 51.3 Å². The predicted octanol–water partition coefficient (Wildman–Crippen LogP) is 5.13. The summed E-state index contributed by atoms with van der Waals surface area (Å²) >= 11 is 0. The van der Waals surface area contributed by atoms with E-state index in [2.05, 4.69) is 43.3 Å². The molecule has 1 N–H and O–H groups in total. The molecule has 6 nitrogen and oxygen atoms in total. The number of Topliss-reactive ketones (excluding diaryl/α,β-unsaturated/α-hetero) is 1. The largest absolute Gasteiger partial charge is 0.491 e. The van der Waals surface area contributed by atoms with Gasteiger partial charge in [-0.25, -0.2) is 4.98 Å². The molecule has 5 rings (SSSR count). The van der Waals surface area contributed by atoms with Crippen LogP contribution in [0.2, 0.25) is 0 Å². The van der Waals surface area contributed by atoms with Gasteiger partial charge in [-0.1, -0.05) is 26.0 Å². The van der Waals surface area contributed by atoms with E-state index in [0.29, 0.717) is 6.42 Å². The number of fused-ring (bicyclic) bond motifs is 3. The van der Waals surface area contributed by atoms with E-state index in [1.54, 1.807) is 0 Å². The summed E-state index contributed by atoms with van der Waals surface area (Å²) in [4.78, 5) is 18.5. The molecule has 0 saturated carbocycles. The molecule has 0 spiro atoms. The summed E-state index contributed by atoms with van der Waals surface area (Å²) in [6.07, 6.45) is 5.13. The molecule has 1 atom stereocenters. The third-order valence-electron chi connectivity index (χ3n) is 6.73. The highest BCUT2D eigenvalue weighted by Crippen LogP contribution is 2.53. The predicted molar refractivity (Wildman–Crippen MR) is 126 cm³/mol. The standard InChI is InChI=1S/C26H30N4O2/c1-15(2)32-17-9-7-8-16(10-17)26(5)22-18-13-28-30(6)20(18)14-27-24(22)29-19-11-25(3,4)12-21(31)23(19)26/h7-10,13-15H,11-12H2,1-6H3,(H,27,29)/t26-/m0/s1. The molecule has 2 aromatic heterocycles. The van der Waals surface area contributed by atoms with Gasteiger partial charge in [-0.15, -0.1) is 0 Å². The minimum atomic E-state index is -0.671. The van der Waals surface area contributed by atoms with Crippen LogP contribution in [0, 0.1) is 5.41 Å². The number of pyridine rings is 1. The fraction of sp³-hybridized carbons (Fsp3) is 0.423. The average Bonchev–Trinajstić information content (AvgIpc) is 3.07. The smallest absolute Gasteiger partial charge is 0.162 e. The average molecular weight is 431 g/mol. The van der Waals surface area contributed by atoms with Crippen molar-refractivity contribution in [2.24, 2.45) is 12.5 Å². The molecule has 32 heavy (non-hydrogen) atoms. The molecule has 0 fully saturated rings. The quantitative estimate of drug-likeness (QED) is 0.624. The summed E-state index contributed by atoms with van der Waals surface area (Å²) in [5.74, 6) is 1.79. The van der Waals surface area contributed by atoms with Crippen molar-refractivity contribution >= 4 is 22.5 Å². The van der Waals surface area contributed by atoms with Gasteiger partial charge in [0.25, 0.3) is 0 Å². The summed E-state index contributed by atoms with van der Waals surface area (Å²) in [7, 11) is 1.92. The van der Waals surface area contributed by atoms with Crippen LogP contribution in [0.15, 0.2) is 47.9 Å². The van der Waals surface area contributed by atoms with Gasteiger partial charge in [0.2, 0.25) is 0 Å². The Kier molecular flexibility index (Phi) is 4.49. The van der Waals surface area contributed by atoms with Crippen molar-refractivity contribution in [3.05, 3.63) is 59.1 Å². The number of aryl methyl sites for hydroxylation is 1. The van der Waals surface area contributed by atoms with Gasteiger partial charge in [0.15, 0.2) is 5.78 Å². The minimum Gasteiger partial charge on any atom is -0.491 e. The van der Waals surface area contributed by atoms with Gasteiger partial charge in [0.1, 0.15) is 11.6 Å². The van der Waals surface area contributed by atoms with Gasteiger partial charge in [0, 0.05) is 35.7 Å². The number of anilines is 1. The van der Waals surface area contributed by atoms with Crippen LogP contribution in [-0.4, -0.2) is 26.7 Å². The molecular weight excluding hydrogens is 400 g/mol. The van der Waals surface area contributed by atoms with E-state index >= 15 is 0 Å². The van der Waals surface area contributed by atoms with E-state index in [4.69, 9.17) is 9.72 Å². The molecule has 0 unspecified atom stereocenters. The van der Waals surface area contributed by atoms with E-state index < -0.39 is 5.41 Å². The number of hydrogen-bond acceptors (Lipinski definition) is 5. The maximum atomic E-state index is 13.7. The summed E-state index contributed by atoms with van der Waals surface area (Å²) in [6.45, 7) is 10.5. The van der Waals surface area contributed by atoms with Crippen molar-refractivity contribution in [1.82, 2.24) is 14.8 Å². The van der Waals surface area contributed by atoms with Crippen LogP contribution in [0.1, 0.15) is 58.6 Å². The molecule has 0 radical (unpaired) electrons. The molecule has 166 valence electrons. The number of benzene rings is 1. The van der Waals surface area contributed by atoms with E-state index in [1.807, 2.05) is 50.1 Å². The van der Waals surface area contributed by atoms with Crippen LogP contribution < -0.4 is 10.1 Å². The molecule has 0 saturated heterocycles. The van der Waals surface area contributed by atoms with Gasteiger partial charge >= 0.3 is 0 Å². The van der Waals surface area contributed by atoms with Crippen LogP contribution in [-0.2, 0) is 17.3 Å². The minimum absolute atomic E-state index is 0.0666. The van der Waals surface area contributed by atoms with Crippen molar-refractivity contribution in [2.45, 2.75) is 59.0 Å². The van der Waals surface area contributed by atoms with Crippen molar-refractivity contribution in [3.8, 4) is 5.75 Å². The first-order valence-electron chi connectivity index (χ1n) is 11.2. The highest BCUT2D eigenvalue weighted by molar-refractivity contribution is 6.05. The van der Waals surface area contributed by atoms with E-state index in [-0.39, 0.29) is 17.3 Å². The number of rotatable bonds is 3. The molecule has 0 bridgehead atoms. The monoisotopic (exact) mass is 430 g/mol. The maximum Gasteiger partial charge on any atom is 0.162 e. The highest BCUT2D eigenvalue weighted by Gasteiger charge is 2.49. The second kappa shape index (κ2) is 6.92. The normalized spacial score (nSPS) is 22.0. The maximum absolute atomic E-state index is 13.7. The van der Waals surface area contributed by atoms with Crippen molar-refractivity contribution in [3.63, 3.8) is 0 Å². The van der Waals surface area contributed by atoms with Gasteiger partial charge < -0.3 is 10.1 Å². The molecule has 1 aliphatic carbocycles. The first kappa shape index (κ1) is 20.7. The van der Waals surface area contributed by atoms with Gasteiger partial charge in [0.05, 0.1) is 29.4 Å². The fourth-order valence-electron chi connectivity index (χ4n) is 5.43. The lowest BCUT2D eigenvalue weighted by Gasteiger charge is -2.44. The van der Waals surface area contributed by atoms with Gasteiger partial charge in [-0.05, 0) is 50.3 Å². The van der Waals surface area contributed by atoms with Gasteiger partial charge in [-0.2, -0.15) is 5.10 Å². The number of nitrogens with zero attached hydrogens (tertiary/aromatic N) is 3. The van der Waals surface area contributed by atoms with Crippen molar-refractivity contribution in [1.29, 1.82) is 0 Å². The van der Waals surface area contributed by atoms with Crippen LogP contribution in [0.3, 0.4) is 0 Å². The molecule has 1 aliphatic heterocycles. The summed E-state index contributed by atoms with van der Waals surface area (Å²) in [5.41, 5.74) is 4.02. The molecule has 3 heterocycles. The Hall–Kier alpha value is -3.15. The summed E-state index contributed by atoms with van der Waals surface area (Å²) in [5, 5.41) is 9.03. The fourth-order valence-corrected chi connectivity index (χ4v) is 5.43. The third kappa shape index (κ3) is 3.04. The van der Waals surface area contributed by atoms with E-state index in [9.17, 15) is 4.79 Å². The lowest BCUT2D eigenvalue weighted by Crippen LogP contribution is -2.42. The van der Waals surface area contributed by atoms with Crippen LogP contribution >= 0.6 is 0 Å². The van der Waals surface area contributed by atoms with Gasteiger partial charge in [-0.3, -0.25) is 9.48 Å². The number of nitrogens with one attached hydrogen (secondary N) is 1. The second-order valence-corrected chi connectivity index (χ2v) is 10.3. The number of ether oxygens (including phenoxy) is 1. The second-order valence-electron chi connectivity index (χ2n) is 10.3. The number of carbonyl (C=O) groups excluding carboxylic acids is 1.